The van der Waals surface area contributed by atoms with Crippen molar-refractivity contribution < 1.29 is 4.79 Å². The number of carbonyl (C=O) groups is 1. The van der Waals surface area contributed by atoms with Crippen LogP contribution in [0.1, 0.15) is 0 Å². The fourth-order valence-electron chi connectivity index (χ4n) is 1.20. The summed E-state index contributed by atoms with van der Waals surface area (Å²) in [6.07, 6.45) is 1.41. The van der Waals surface area contributed by atoms with Gasteiger partial charge in [0.05, 0.1) is 0 Å². The molecule has 2 N–H and O–H groups in total. The van der Waals surface area contributed by atoms with Crippen LogP contribution in [0.25, 0.3) is 0 Å². The summed E-state index contributed by atoms with van der Waals surface area (Å²) < 4.78 is 1.97. The number of hydrogen-bond donors (Lipinski definition) is 2. The molecule has 6 nitrogen and oxygen atoms in total. The van der Waals surface area contributed by atoms with Crippen molar-refractivity contribution in [1.29, 1.82) is 0 Å². The molecule has 1 aromatic rings. The number of rotatable bonds is 0. The highest BCUT2D eigenvalue weighted by Crippen LogP contribution is 2.17. The van der Waals surface area contributed by atoms with Crippen molar-refractivity contribution in [2.24, 2.45) is 0 Å². The molecule has 2 rings (SSSR count). The summed E-state index contributed by atoms with van der Waals surface area (Å²) in [6, 6.07) is -0.317. The van der Waals surface area contributed by atoms with E-state index in [4.69, 9.17) is 0 Å². The molecule has 74 valence electrons. The van der Waals surface area contributed by atoms with Crippen LogP contribution < -0.4 is 16.2 Å². The fraction of sp³-hybridized carbons (Fsp3) is 0.286. The third-order valence-corrected chi connectivity index (χ3v) is 2.58. The first-order chi connectivity index (χ1) is 6.68. The summed E-state index contributed by atoms with van der Waals surface area (Å²) in [6.45, 7) is 1.09. The van der Waals surface area contributed by atoms with Gasteiger partial charge in [0.1, 0.15) is 16.6 Å². The van der Waals surface area contributed by atoms with Gasteiger partial charge < -0.3 is 9.88 Å². The Morgan fingerprint density at radius 2 is 2.29 bits per heavy atom. The van der Waals surface area contributed by atoms with Crippen molar-refractivity contribution in [2.75, 3.05) is 11.9 Å². The van der Waals surface area contributed by atoms with Crippen molar-refractivity contribution in [3.8, 4) is 0 Å². The quantitative estimate of drug-likeness (QED) is 0.695. The highest BCUT2D eigenvalue weighted by molar-refractivity contribution is 9.10. The molecule has 0 fully saturated rings. The molecule has 0 aliphatic carbocycles. The van der Waals surface area contributed by atoms with E-state index in [0.29, 0.717) is 18.9 Å². The SMILES string of the molecule is O=C1NCCn2cnc(=O)c(Br)c2N1. The van der Waals surface area contributed by atoms with Gasteiger partial charge in [0.2, 0.25) is 0 Å². The highest BCUT2D eigenvalue weighted by atomic mass is 79.9. The monoisotopic (exact) mass is 258 g/mol. The normalized spacial score (nSPS) is 15.1. The smallest absolute Gasteiger partial charge is 0.320 e. The Kier molecular flexibility index (Phi) is 2.24. The molecular weight excluding hydrogens is 252 g/mol. The molecule has 0 bridgehead atoms. The molecule has 0 saturated heterocycles. The van der Waals surface area contributed by atoms with E-state index in [0.717, 1.165) is 0 Å². The van der Waals surface area contributed by atoms with Gasteiger partial charge in [-0.05, 0) is 15.9 Å². The summed E-state index contributed by atoms with van der Waals surface area (Å²) in [7, 11) is 0. The first-order valence-corrected chi connectivity index (χ1v) is 4.77. The molecule has 0 aromatic carbocycles. The van der Waals surface area contributed by atoms with Crippen LogP contribution >= 0.6 is 15.9 Å². The minimum atomic E-state index is -0.390. The van der Waals surface area contributed by atoms with Gasteiger partial charge in [-0.15, -0.1) is 0 Å². The van der Waals surface area contributed by atoms with Crippen molar-refractivity contribution in [1.82, 2.24) is 14.9 Å². The van der Waals surface area contributed by atoms with Crippen molar-refractivity contribution in [3.05, 3.63) is 21.2 Å². The number of amides is 2. The third kappa shape index (κ3) is 1.50. The van der Waals surface area contributed by atoms with Gasteiger partial charge in [-0.2, -0.15) is 4.98 Å². The Labute approximate surface area is 87.5 Å². The van der Waals surface area contributed by atoms with Crippen LogP contribution in [0, 0.1) is 0 Å². The maximum absolute atomic E-state index is 11.2. The molecule has 0 unspecified atom stereocenters. The van der Waals surface area contributed by atoms with Crippen LogP contribution in [0.4, 0.5) is 10.6 Å². The van der Waals surface area contributed by atoms with Crippen LogP contribution in [-0.4, -0.2) is 22.1 Å². The van der Waals surface area contributed by atoms with E-state index in [1.54, 1.807) is 4.57 Å². The molecule has 0 radical (unpaired) electrons. The number of fused-ring (bicyclic) bond motifs is 1. The number of aromatic nitrogens is 2. The lowest BCUT2D eigenvalue weighted by Crippen LogP contribution is -2.27. The standard InChI is InChI=1S/C7H7BrN4O2/c8-4-5-11-7(14)9-1-2-12(5)3-10-6(4)13/h3H,1-2H2,(H2,9,11,14). The van der Waals surface area contributed by atoms with Gasteiger partial charge in [0.15, 0.2) is 0 Å². The maximum Gasteiger partial charge on any atom is 0.320 e. The summed E-state index contributed by atoms with van der Waals surface area (Å²) in [5, 5.41) is 5.17. The largest absolute Gasteiger partial charge is 0.336 e. The Morgan fingerprint density at radius 3 is 3.07 bits per heavy atom. The first-order valence-electron chi connectivity index (χ1n) is 3.98. The average molecular weight is 259 g/mol. The lowest BCUT2D eigenvalue weighted by atomic mass is 10.5. The topological polar surface area (TPSA) is 76.0 Å². The highest BCUT2D eigenvalue weighted by Gasteiger charge is 2.15. The van der Waals surface area contributed by atoms with E-state index < -0.39 is 5.56 Å². The molecule has 14 heavy (non-hydrogen) atoms. The Hall–Kier alpha value is -1.37. The number of nitrogens with zero attached hydrogens (tertiary/aromatic N) is 2. The zero-order chi connectivity index (χ0) is 10.1. The number of nitrogens with one attached hydrogen (secondary N) is 2. The Balaban J connectivity index is 2.57. The zero-order valence-electron chi connectivity index (χ0n) is 7.08. The number of anilines is 1. The number of carbonyl (C=O) groups excluding carboxylic acids is 1. The first kappa shape index (κ1) is 9.20. The predicted octanol–water partition coefficient (Wildman–Crippen LogP) is 0.141. The van der Waals surface area contributed by atoms with Gasteiger partial charge in [0, 0.05) is 13.1 Å². The summed E-state index contributed by atoms with van der Waals surface area (Å²) in [5.41, 5.74) is -0.390. The predicted molar refractivity (Wildman–Crippen MR) is 53.2 cm³/mol. The molecule has 1 aromatic heterocycles. The summed E-state index contributed by atoms with van der Waals surface area (Å²) >= 11 is 3.09. The number of urea groups is 1. The van der Waals surface area contributed by atoms with E-state index in [1.807, 2.05) is 0 Å². The van der Waals surface area contributed by atoms with Crippen LogP contribution in [0.5, 0.6) is 0 Å². The van der Waals surface area contributed by atoms with E-state index in [2.05, 4.69) is 31.5 Å². The molecule has 0 saturated carbocycles. The van der Waals surface area contributed by atoms with Crippen LogP contribution in [0.2, 0.25) is 0 Å². The molecule has 2 amide bonds. The van der Waals surface area contributed by atoms with Crippen molar-refractivity contribution >= 4 is 27.8 Å². The van der Waals surface area contributed by atoms with E-state index in [-0.39, 0.29) is 10.5 Å². The van der Waals surface area contributed by atoms with E-state index in [9.17, 15) is 9.59 Å². The number of halogens is 1. The summed E-state index contributed by atoms with van der Waals surface area (Å²) in [5.74, 6) is 0.444. The Morgan fingerprint density at radius 1 is 1.50 bits per heavy atom. The molecule has 2 heterocycles. The van der Waals surface area contributed by atoms with E-state index >= 15 is 0 Å². The summed E-state index contributed by atoms with van der Waals surface area (Å²) in [4.78, 5) is 25.9. The second kappa shape index (κ2) is 3.41. The Bertz CT molecular complexity index is 442. The minimum Gasteiger partial charge on any atom is -0.336 e. The van der Waals surface area contributed by atoms with Crippen molar-refractivity contribution in [2.45, 2.75) is 6.54 Å². The van der Waals surface area contributed by atoms with Gasteiger partial charge in [-0.1, -0.05) is 0 Å². The van der Waals surface area contributed by atoms with Crippen LogP contribution in [0.3, 0.4) is 0 Å². The van der Waals surface area contributed by atoms with Crippen molar-refractivity contribution in [3.63, 3.8) is 0 Å². The lowest BCUT2D eigenvalue weighted by Gasteiger charge is -2.08. The molecular formula is C7H7BrN4O2. The zero-order valence-corrected chi connectivity index (χ0v) is 8.67. The third-order valence-electron chi connectivity index (χ3n) is 1.87. The molecule has 1 aliphatic rings. The molecule has 0 atom stereocenters. The molecule has 1 aliphatic heterocycles. The van der Waals surface area contributed by atoms with Gasteiger partial charge >= 0.3 is 6.03 Å². The van der Waals surface area contributed by atoms with Gasteiger partial charge in [0.25, 0.3) is 5.56 Å². The number of hydrogen-bond acceptors (Lipinski definition) is 3. The lowest BCUT2D eigenvalue weighted by molar-refractivity contribution is 0.252. The molecule has 7 heteroatoms. The second-order valence-electron chi connectivity index (χ2n) is 2.79. The maximum atomic E-state index is 11.2. The fourth-order valence-corrected chi connectivity index (χ4v) is 1.63. The average Bonchev–Trinajstić information content (AvgIpc) is 2.34. The van der Waals surface area contributed by atoms with Gasteiger partial charge in [-0.25, -0.2) is 4.79 Å². The van der Waals surface area contributed by atoms with Crippen LogP contribution in [-0.2, 0) is 6.54 Å². The minimum absolute atomic E-state index is 0.275. The molecule has 0 spiro atoms. The van der Waals surface area contributed by atoms with Crippen LogP contribution in [0.15, 0.2) is 15.6 Å². The second-order valence-corrected chi connectivity index (χ2v) is 3.58. The van der Waals surface area contributed by atoms with Gasteiger partial charge in [-0.3, -0.25) is 10.1 Å². The van der Waals surface area contributed by atoms with E-state index in [1.165, 1.54) is 6.33 Å².